The van der Waals surface area contributed by atoms with Crippen molar-refractivity contribution < 1.29 is 15.1 Å². The zero-order chi connectivity index (χ0) is 12.8. The van der Waals surface area contributed by atoms with Crippen LogP contribution >= 0.6 is 0 Å². The van der Waals surface area contributed by atoms with Gasteiger partial charge in [-0.3, -0.25) is 10.0 Å². The molecule has 0 saturated carbocycles. The van der Waals surface area contributed by atoms with Gasteiger partial charge in [0.05, 0.1) is 5.56 Å². The van der Waals surface area contributed by atoms with E-state index in [1.54, 1.807) is 6.07 Å². The van der Waals surface area contributed by atoms with Gasteiger partial charge < -0.3 is 5.11 Å². The minimum absolute atomic E-state index is 0.0857. The first-order valence-corrected chi connectivity index (χ1v) is 5.91. The fourth-order valence-corrected chi connectivity index (χ4v) is 2.01. The van der Waals surface area contributed by atoms with E-state index in [-0.39, 0.29) is 11.3 Å². The molecule has 1 unspecified atom stereocenters. The molecule has 0 heterocycles. The molecule has 0 spiro atoms. The van der Waals surface area contributed by atoms with Gasteiger partial charge in [0.2, 0.25) is 0 Å². The SMILES string of the molecule is CCCC(CC)c1ccc(C(=O)NO)c(O)c1. The monoisotopic (exact) mass is 237 g/mol. The van der Waals surface area contributed by atoms with E-state index in [0.717, 1.165) is 24.8 Å². The van der Waals surface area contributed by atoms with Gasteiger partial charge in [-0.05, 0) is 36.5 Å². The molecule has 4 heteroatoms. The zero-order valence-electron chi connectivity index (χ0n) is 10.2. The lowest BCUT2D eigenvalue weighted by Gasteiger charge is -2.15. The van der Waals surface area contributed by atoms with Crippen LogP contribution in [0, 0.1) is 0 Å². The van der Waals surface area contributed by atoms with Crippen LogP contribution in [-0.2, 0) is 0 Å². The van der Waals surface area contributed by atoms with Gasteiger partial charge in [0.1, 0.15) is 5.75 Å². The summed E-state index contributed by atoms with van der Waals surface area (Å²) >= 11 is 0. The average Bonchev–Trinajstić information content (AvgIpc) is 2.35. The maximum absolute atomic E-state index is 11.2. The van der Waals surface area contributed by atoms with Crippen LogP contribution < -0.4 is 5.48 Å². The fourth-order valence-electron chi connectivity index (χ4n) is 2.01. The average molecular weight is 237 g/mol. The van der Waals surface area contributed by atoms with Crippen molar-refractivity contribution in [3.63, 3.8) is 0 Å². The number of hydrogen-bond acceptors (Lipinski definition) is 3. The van der Waals surface area contributed by atoms with Gasteiger partial charge in [0.25, 0.3) is 5.91 Å². The number of hydrogen-bond donors (Lipinski definition) is 3. The number of carbonyl (C=O) groups is 1. The molecular formula is C13H19NO3. The van der Waals surface area contributed by atoms with Crippen molar-refractivity contribution in [2.75, 3.05) is 0 Å². The summed E-state index contributed by atoms with van der Waals surface area (Å²) in [6, 6.07) is 4.97. The van der Waals surface area contributed by atoms with Crippen LogP contribution in [0.1, 0.15) is 54.9 Å². The van der Waals surface area contributed by atoms with Crippen LogP contribution in [0.25, 0.3) is 0 Å². The maximum atomic E-state index is 11.2. The van der Waals surface area contributed by atoms with Gasteiger partial charge in [0, 0.05) is 0 Å². The van der Waals surface area contributed by atoms with Crippen LogP contribution in [0.5, 0.6) is 5.75 Å². The van der Waals surface area contributed by atoms with Crippen molar-refractivity contribution in [3.8, 4) is 5.75 Å². The summed E-state index contributed by atoms with van der Waals surface area (Å²) in [4.78, 5) is 11.2. The molecule has 0 aromatic heterocycles. The van der Waals surface area contributed by atoms with E-state index in [1.807, 2.05) is 6.07 Å². The molecular weight excluding hydrogens is 218 g/mol. The second-order valence-electron chi connectivity index (χ2n) is 4.11. The van der Waals surface area contributed by atoms with Gasteiger partial charge in [-0.15, -0.1) is 0 Å². The summed E-state index contributed by atoms with van der Waals surface area (Å²) in [6.45, 7) is 4.22. The molecule has 0 saturated heterocycles. The third kappa shape index (κ3) is 3.20. The highest BCUT2D eigenvalue weighted by molar-refractivity contribution is 5.96. The largest absolute Gasteiger partial charge is 0.507 e. The quantitative estimate of drug-likeness (QED) is 0.544. The second kappa shape index (κ2) is 6.25. The Morgan fingerprint density at radius 2 is 2.12 bits per heavy atom. The van der Waals surface area contributed by atoms with Crippen molar-refractivity contribution in [2.24, 2.45) is 0 Å². The van der Waals surface area contributed by atoms with Crippen molar-refractivity contribution in [3.05, 3.63) is 29.3 Å². The fraction of sp³-hybridized carbons (Fsp3) is 0.462. The van der Waals surface area contributed by atoms with Gasteiger partial charge in [-0.2, -0.15) is 0 Å². The Morgan fingerprint density at radius 3 is 2.59 bits per heavy atom. The predicted molar refractivity (Wildman–Crippen MR) is 65.3 cm³/mol. The highest BCUT2D eigenvalue weighted by atomic mass is 16.5. The summed E-state index contributed by atoms with van der Waals surface area (Å²) in [5.74, 6) is -0.390. The molecule has 0 bridgehead atoms. The number of rotatable bonds is 5. The molecule has 94 valence electrons. The first kappa shape index (κ1) is 13.5. The molecule has 1 aromatic rings. The molecule has 3 N–H and O–H groups in total. The van der Waals surface area contributed by atoms with E-state index in [0.29, 0.717) is 5.92 Å². The summed E-state index contributed by atoms with van der Waals surface area (Å²) in [7, 11) is 0. The lowest BCUT2D eigenvalue weighted by atomic mass is 9.91. The molecule has 17 heavy (non-hydrogen) atoms. The second-order valence-corrected chi connectivity index (χ2v) is 4.11. The van der Waals surface area contributed by atoms with Gasteiger partial charge >= 0.3 is 0 Å². The lowest BCUT2D eigenvalue weighted by molar-refractivity contribution is 0.0703. The van der Waals surface area contributed by atoms with Gasteiger partial charge in [-0.25, -0.2) is 5.48 Å². The molecule has 0 aliphatic heterocycles. The van der Waals surface area contributed by atoms with Crippen molar-refractivity contribution >= 4 is 5.91 Å². The van der Waals surface area contributed by atoms with Gasteiger partial charge in [-0.1, -0.05) is 26.3 Å². The number of nitrogens with one attached hydrogen (secondary N) is 1. The topological polar surface area (TPSA) is 69.6 Å². The van der Waals surface area contributed by atoms with Crippen LogP contribution in [-0.4, -0.2) is 16.2 Å². The lowest BCUT2D eigenvalue weighted by Crippen LogP contribution is -2.18. The van der Waals surface area contributed by atoms with E-state index in [1.165, 1.54) is 11.5 Å². The number of carbonyl (C=O) groups excluding carboxylic acids is 1. The number of benzene rings is 1. The molecule has 1 atom stereocenters. The number of hydroxylamine groups is 1. The Balaban J connectivity index is 2.98. The minimum Gasteiger partial charge on any atom is -0.507 e. The van der Waals surface area contributed by atoms with Crippen molar-refractivity contribution in [1.29, 1.82) is 0 Å². The summed E-state index contributed by atoms with van der Waals surface area (Å²) < 4.78 is 0. The predicted octanol–water partition coefficient (Wildman–Crippen LogP) is 2.80. The van der Waals surface area contributed by atoms with Crippen LogP contribution in [0.3, 0.4) is 0 Å². The first-order chi connectivity index (χ1) is 8.13. The maximum Gasteiger partial charge on any atom is 0.278 e. The number of aromatic hydroxyl groups is 1. The first-order valence-electron chi connectivity index (χ1n) is 5.91. The van der Waals surface area contributed by atoms with E-state index in [4.69, 9.17) is 5.21 Å². The Labute approximate surface area is 101 Å². The third-order valence-corrected chi connectivity index (χ3v) is 2.97. The smallest absolute Gasteiger partial charge is 0.278 e. The molecule has 1 rings (SSSR count). The summed E-state index contributed by atoms with van der Waals surface area (Å²) in [5, 5.41) is 18.2. The zero-order valence-corrected chi connectivity index (χ0v) is 10.2. The van der Waals surface area contributed by atoms with E-state index in [2.05, 4.69) is 13.8 Å². The summed E-state index contributed by atoms with van der Waals surface area (Å²) in [6.07, 6.45) is 3.14. The number of phenols is 1. The van der Waals surface area contributed by atoms with Crippen molar-refractivity contribution in [1.82, 2.24) is 5.48 Å². The molecule has 1 aromatic carbocycles. The molecule has 0 aliphatic rings. The van der Waals surface area contributed by atoms with Crippen LogP contribution in [0.2, 0.25) is 0 Å². The number of phenolic OH excluding ortho intramolecular Hbond substituents is 1. The third-order valence-electron chi connectivity index (χ3n) is 2.97. The van der Waals surface area contributed by atoms with Crippen LogP contribution in [0.4, 0.5) is 0 Å². The highest BCUT2D eigenvalue weighted by Crippen LogP contribution is 2.29. The van der Waals surface area contributed by atoms with E-state index in [9.17, 15) is 9.90 Å². The van der Waals surface area contributed by atoms with E-state index >= 15 is 0 Å². The Bertz CT molecular complexity index is 390. The Hall–Kier alpha value is -1.55. The van der Waals surface area contributed by atoms with Crippen LogP contribution in [0.15, 0.2) is 18.2 Å². The van der Waals surface area contributed by atoms with E-state index < -0.39 is 5.91 Å². The molecule has 0 fully saturated rings. The molecule has 0 radical (unpaired) electrons. The Kier molecular flexibility index (Phi) is 4.97. The molecule has 4 nitrogen and oxygen atoms in total. The van der Waals surface area contributed by atoms with Gasteiger partial charge in [0.15, 0.2) is 0 Å². The highest BCUT2D eigenvalue weighted by Gasteiger charge is 2.14. The molecule has 0 aliphatic carbocycles. The molecule has 1 amide bonds. The minimum atomic E-state index is -0.697. The summed E-state index contributed by atoms with van der Waals surface area (Å²) in [5.41, 5.74) is 2.63. The standard InChI is InChI=1S/C13H19NO3/c1-3-5-9(4-2)10-6-7-11(12(15)8-10)13(16)14-17/h6-9,15,17H,3-5H2,1-2H3,(H,14,16). The van der Waals surface area contributed by atoms with Crippen molar-refractivity contribution in [2.45, 2.75) is 39.0 Å². The Morgan fingerprint density at radius 1 is 1.41 bits per heavy atom. The normalized spacial score (nSPS) is 12.2. The number of amides is 1.